The molecule has 0 amide bonds. The largest absolute Gasteiger partial charge is 0.459 e. The Balaban J connectivity index is 2.98. The molecule has 0 bridgehead atoms. The van der Waals surface area contributed by atoms with Crippen molar-refractivity contribution < 1.29 is 9.53 Å². The smallest absolute Gasteiger partial charge is 0.312 e. The third-order valence-electron chi connectivity index (χ3n) is 3.01. The van der Waals surface area contributed by atoms with Crippen LogP contribution in [0.25, 0.3) is 0 Å². The summed E-state index contributed by atoms with van der Waals surface area (Å²) in [6.07, 6.45) is 0. The van der Waals surface area contributed by atoms with E-state index in [0.29, 0.717) is 0 Å². The molecule has 1 unspecified atom stereocenters. The number of esters is 1. The molecule has 0 spiro atoms. The fraction of sp³-hybridized carbons (Fsp3) is 0.889. The number of ether oxygens (including phenoxy) is 1. The second-order valence-corrected chi connectivity index (χ2v) is 4.44. The molecule has 1 atom stereocenters. The van der Waals surface area contributed by atoms with Gasteiger partial charge < -0.3 is 4.74 Å². The van der Waals surface area contributed by atoms with Gasteiger partial charge >= 0.3 is 5.97 Å². The van der Waals surface area contributed by atoms with Crippen LogP contribution in [-0.2, 0) is 9.53 Å². The van der Waals surface area contributed by atoms with Crippen molar-refractivity contribution in [3.05, 3.63) is 0 Å². The molecule has 1 saturated heterocycles. The molecule has 1 fully saturated rings. The Labute approximate surface area is 67.9 Å². The molecule has 0 aromatic heterocycles. The summed E-state index contributed by atoms with van der Waals surface area (Å²) in [5, 5.41) is 0. The Kier molecular flexibility index (Phi) is 1.55. The maximum absolute atomic E-state index is 11.3. The summed E-state index contributed by atoms with van der Waals surface area (Å²) in [6, 6.07) is 0. The summed E-state index contributed by atoms with van der Waals surface area (Å²) in [5.41, 5.74) is -0.607. The fourth-order valence-corrected chi connectivity index (χ4v) is 1.50. The first kappa shape index (κ1) is 8.57. The molecular weight excluding hydrogens is 140 g/mol. The Morgan fingerprint density at radius 3 is 1.82 bits per heavy atom. The molecule has 64 valence electrons. The second kappa shape index (κ2) is 1.99. The Bertz CT molecular complexity index is 192. The zero-order chi connectivity index (χ0) is 8.86. The number of carbonyl (C=O) groups excluding carboxylic acids is 1. The summed E-state index contributed by atoms with van der Waals surface area (Å²) in [5.74, 6) is 0.206. The van der Waals surface area contributed by atoms with Crippen molar-refractivity contribution in [3.8, 4) is 0 Å². The molecule has 1 heterocycles. The van der Waals surface area contributed by atoms with Crippen molar-refractivity contribution in [2.24, 2.45) is 11.3 Å². The topological polar surface area (TPSA) is 26.3 Å². The van der Waals surface area contributed by atoms with E-state index in [1.54, 1.807) is 0 Å². The van der Waals surface area contributed by atoms with Crippen molar-refractivity contribution in [1.29, 1.82) is 0 Å². The van der Waals surface area contributed by atoms with Crippen LogP contribution in [0.15, 0.2) is 0 Å². The normalized spacial score (nSPS) is 33.5. The van der Waals surface area contributed by atoms with Gasteiger partial charge in [0.1, 0.15) is 5.60 Å². The number of rotatable bonds is 0. The van der Waals surface area contributed by atoms with Gasteiger partial charge in [-0.2, -0.15) is 0 Å². The van der Waals surface area contributed by atoms with Crippen LogP contribution >= 0.6 is 0 Å². The minimum absolute atomic E-state index is 0.0741. The van der Waals surface area contributed by atoms with Crippen LogP contribution in [0, 0.1) is 11.3 Å². The average molecular weight is 156 g/mol. The van der Waals surface area contributed by atoms with Crippen molar-refractivity contribution in [2.75, 3.05) is 0 Å². The van der Waals surface area contributed by atoms with Gasteiger partial charge in [0.25, 0.3) is 0 Å². The highest BCUT2D eigenvalue weighted by Crippen LogP contribution is 2.44. The Morgan fingerprint density at radius 1 is 1.27 bits per heavy atom. The molecule has 0 radical (unpaired) electrons. The van der Waals surface area contributed by atoms with Crippen LogP contribution in [0.5, 0.6) is 0 Å². The van der Waals surface area contributed by atoms with Crippen molar-refractivity contribution >= 4 is 5.97 Å². The molecule has 0 saturated carbocycles. The molecule has 1 rings (SSSR count). The van der Waals surface area contributed by atoms with E-state index in [-0.39, 0.29) is 22.9 Å². The summed E-state index contributed by atoms with van der Waals surface area (Å²) in [4.78, 5) is 11.3. The van der Waals surface area contributed by atoms with Gasteiger partial charge in [-0.05, 0) is 27.7 Å². The molecule has 1 aliphatic rings. The maximum Gasteiger partial charge on any atom is 0.312 e. The summed E-state index contributed by atoms with van der Waals surface area (Å²) < 4.78 is 5.24. The van der Waals surface area contributed by atoms with E-state index < -0.39 is 0 Å². The molecule has 0 N–H and O–H groups in total. The maximum atomic E-state index is 11.3. The highest BCUT2D eigenvalue weighted by molar-refractivity contribution is 5.79. The van der Waals surface area contributed by atoms with Crippen LogP contribution < -0.4 is 0 Å². The quantitative estimate of drug-likeness (QED) is 0.501. The average Bonchev–Trinajstić information content (AvgIpc) is 1.94. The third-order valence-corrected chi connectivity index (χ3v) is 3.01. The van der Waals surface area contributed by atoms with Gasteiger partial charge in [-0.15, -0.1) is 0 Å². The molecule has 0 aromatic rings. The van der Waals surface area contributed by atoms with Gasteiger partial charge in [0.05, 0.1) is 5.41 Å². The number of cyclic esters (lactones) is 1. The minimum atomic E-state index is -0.316. The molecular formula is C9H16O2. The first-order valence-electron chi connectivity index (χ1n) is 4.02. The van der Waals surface area contributed by atoms with Gasteiger partial charge in [-0.1, -0.05) is 6.92 Å². The van der Waals surface area contributed by atoms with Crippen molar-refractivity contribution in [3.63, 3.8) is 0 Å². The monoisotopic (exact) mass is 156 g/mol. The van der Waals surface area contributed by atoms with Crippen molar-refractivity contribution in [1.82, 2.24) is 0 Å². The van der Waals surface area contributed by atoms with Gasteiger partial charge in [0, 0.05) is 5.92 Å². The lowest BCUT2D eigenvalue weighted by atomic mass is 9.75. The van der Waals surface area contributed by atoms with Crippen molar-refractivity contribution in [2.45, 2.75) is 40.2 Å². The summed E-state index contributed by atoms with van der Waals surface area (Å²) >= 11 is 0. The number of carbonyl (C=O) groups is 1. The van der Waals surface area contributed by atoms with E-state index in [4.69, 9.17) is 4.74 Å². The zero-order valence-corrected chi connectivity index (χ0v) is 7.89. The second-order valence-electron chi connectivity index (χ2n) is 4.44. The summed E-state index contributed by atoms with van der Waals surface area (Å²) in [6.45, 7) is 9.86. The molecule has 11 heavy (non-hydrogen) atoms. The number of hydrogen-bond acceptors (Lipinski definition) is 2. The van der Waals surface area contributed by atoms with Gasteiger partial charge in [0.2, 0.25) is 0 Å². The fourth-order valence-electron chi connectivity index (χ4n) is 1.50. The van der Waals surface area contributed by atoms with E-state index in [9.17, 15) is 4.79 Å². The van der Waals surface area contributed by atoms with Crippen LogP contribution in [0.4, 0.5) is 0 Å². The van der Waals surface area contributed by atoms with Crippen LogP contribution in [0.2, 0.25) is 0 Å². The lowest BCUT2D eigenvalue weighted by Crippen LogP contribution is -2.31. The van der Waals surface area contributed by atoms with E-state index >= 15 is 0 Å². The first-order chi connectivity index (χ1) is 4.78. The lowest BCUT2D eigenvalue weighted by Gasteiger charge is -2.25. The molecule has 2 nitrogen and oxygen atoms in total. The Hall–Kier alpha value is -0.530. The molecule has 0 aromatic carbocycles. The zero-order valence-electron chi connectivity index (χ0n) is 7.89. The predicted molar refractivity (Wildman–Crippen MR) is 43.1 cm³/mol. The standard InChI is InChI=1S/C9H16O2/c1-6-8(2,3)7(10)11-9(6,4)5/h6H,1-5H3. The molecule has 0 aliphatic carbocycles. The highest BCUT2D eigenvalue weighted by Gasteiger charge is 2.52. The Morgan fingerprint density at radius 2 is 1.73 bits per heavy atom. The van der Waals surface area contributed by atoms with E-state index in [2.05, 4.69) is 6.92 Å². The first-order valence-corrected chi connectivity index (χ1v) is 4.02. The van der Waals surface area contributed by atoms with E-state index in [1.165, 1.54) is 0 Å². The van der Waals surface area contributed by atoms with Gasteiger partial charge in [-0.25, -0.2) is 0 Å². The third kappa shape index (κ3) is 1.05. The predicted octanol–water partition coefficient (Wildman–Crippen LogP) is 1.98. The van der Waals surface area contributed by atoms with E-state index in [1.807, 2.05) is 27.7 Å². The summed E-state index contributed by atoms with van der Waals surface area (Å²) in [7, 11) is 0. The molecule has 2 heteroatoms. The van der Waals surface area contributed by atoms with Crippen LogP contribution in [-0.4, -0.2) is 11.6 Å². The highest BCUT2D eigenvalue weighted by atomic mass is 16.6. The molecule has 1 aliphatic heterocycles. The van der Waals surface area contributed by atoms with E-state index in [0.717, 1.165) is 0 Å². The van der Waals surface area contributed by atoms with Gasteiger partial charge in [0.15, 0.2) is 0 Å². The van der Waals surface area contributed by atoms with Crippen LogP contribution in [0.1, 0.15) is 34.6 Å². The SMILES string of the molecule is CC1C(C)(C)OC(=O)C1(C)C. The lowest BCUT2D eigenvalue weighted by molar-refractivity contribution is -0.151. The minimum Gasteiger partial charge on any atom is -0.459 e. The number of hydrogen-bond donors (Lipinski definition) is 0. The van der Waals surface area contributed by atoms with Gasteiger partial charge in [-0.3, -0.25) is 4.79 Å². The van der Waals surface area contributed by atoms with Crippen LogP contribution in [0.3, 0.4) is 0 Å².